The number of methoxy groups -OCH3 is 3. The third kappa shape index (κ3) is 4.48. The summed E-state index contributed by atoms with van der Waals surface area (Å²) >= 11 is 0. The molecule has 0 heterocycles. The van der Waals surface area contributed by atoms with Gasteiger partial charge < -0.3 is 24.1 Å². The lowest BCUT2D eigenvalue weighted by molar-refractivity contribution is 0.0841. The zero-order valence-corrected chi connectivity index (χ0v) is 21.6. The lowest BCUT2D eigenvalue weighted by atomic mass is 9.68. The van der Waals surface area contributed by atoms with Crippen LogP contribution < -0.4 is 18.9 Å². The standard InChI is InChI=1S/C32H30O6/c1-35-25-14-8-9-15-27(25)38-29(19-33)30(20-16-17-26(36-2)28(18-20)37-3)31-21-10-4-6-12-23(21)32(34)24-13-7-5-11-22(24)31/h4-18,29-31,33H,19H2,1-3H3/t29-,30-/m0/s1. The molecule has 0 fully saturated rings. The quantitative estimate of drug-likeness (QED) is 0.315. The number of aliphatic hydroxyl groups is 1. The van der Waals surface area contributed by atoms with Crippen molar-refractivity contribution in [3.63, 3.8) is 0 Å². The van der Waals surface area contributed by atoms with Gasteiger partial charge >= 0.3 is 0 Å². The largest absolute Gasteiger partial charge is 0.493 e. The van der Waals surface area contributed by atoms with Gasteiger partial charge in [-0.25, -0.2) is 0 Å². The molecular formula is C32H30O6. The van der Waals surface area contributed by atoms with Gasteiger partial charge in [-0.15, -0.1) is 0 Å². The number of rotatable bonds is 9. The Labute approximate surface area is 222 Å². The Balaban J connectivity index is 1.73. The number of benzene rings is 4. The number of aliphatic hydroxyl groups excluding tert-OH is 1. The highest BCUT2D eigenvalue weighted by molar-refractivity contribution is 6.12. The monoisotopic (exact) mass is 510 g/mol. The molecule has 4 aromatic rings. The number of hydrogen-bond acceptors (Lipinski definition) is 6. The topological polar surface area (TPSA) is 74.2 Å². The number of ether oxygens (including phenoxy) is 4. The summed E-state index contributed by atoms with van der Waals surface area (Å²) in [5, 5.41) is 10.8. The molecule has 0 spiro atoms. The van der Waals surface area contributed by atoms with Gasteiger partial charge in [-0.3, -0.25) is 4.79 Å². The summed E-state index contributed by atoms with van der Waals surface area (Å²) in [7, 11) is 4.77. The van der Waals surface area contributed by atoms with Crippen molar-refractivity contribution in [2.45, 2.75) is 17.9 Å². The number of hydrogen-bond donors (Lipinski definition) is 1. The van der Waals surface area contributed by atoms with Crippen molar-refractivity contribution in [3.8, 4) is 23.0 Å². The highest BCUT2D eigenvalue weighted by Gasteiger charge is 2.41. The molecule has 38 heavy (non-hydrogen) atoms. The van der Waals surface area contributed by atoms with E-state index in [0.29, 0.717) is 34.1 Å². The Kier molecular flexibility index (Phi) is 7.33. The van der Waals surface area contributed by atoms with Crippen molar-refractivity contribution < 1.29 is 28.8 Å². The predicted molar refractivity (Wildman–Crippen MR) is 145 cm³/mol. The summed E-state index contributed by atoms with van der Waals surface area (Å²) in [5.41, 5.74) is 3.95. The Morgan fingerprint density at radius 1 is 0.684 bits per heavy atom. The van der Waals surface area contributed by atoms with Crippen molar-refractivity contribution in [3.05, 3.63) is 119 Å². The van der Waals surface area contributed by atoms with Crippen LogP contribution in [-0.2, 0) is 0 Å². The van der Waals surface area contributed by atoms with Crippen molar-refractivity contribution in [1.29, 1.82) is 0 Å². The van der Waals surface area contributed by atoms with Gasteiger partial charge in [0.15, 0.2) is 28.8 Å². The van der Waals surface area contributed by atoms with E-state index < -0.39 is 12.0 Å². The molecule has 2 atom stereocenters. The molecule has 6 heteroatoms. The second-order valence-electron chi connectivity index (χ2n) is 9.11. The Morgan fingerprint density at radius 3 is 1.79 bits per heavy atom. The fraction of sp³-hybridized carbons (Fsp3) is 0.219. The van der Waals surface area contributed by atoms with Crippen LogP contribution in [0.4, 0.5) is 0 Å². The lowest BCUT2D eigenvalue weighted by Crippen LogP contribution is -2.36. The van der Waals surface area contributed by atoms with Crippen LogP contribution in [0.5, 0.6) is 23.0 Å². The molecule has 0 aromatic heterocycles. The van der Waals surface area contributed by atoms with Crippen LogP contribution in [0.15, 0.2) is 91.0 Å². The first-order valence-corrected chi connectivity index (χ1v) is 12.5. The van der Waals surface area contributed by atoms with Gasteiger partial charge in [0, 0.05) is 23.0 Å². The first-order chi connectivity index (χ1) is 18.6. The zero-order chi connectivity index (χ0) is 26.6. The van der Waals surface area contributed by atoms with E-state index in [1.54, 1.807) is 21.3 Å². The Morgan fingerprint density at radius 2 is 1.21 bits per heavy atom. The number of fused-ring (bicyclic) bond motifs is 2. The number of carbonyl (C=O) groups excluding carboxylic acids is 1. The van der Waals surface area contributed by atoms with Crippen molar-refractivity contribution in [2.75, 3.05) is 27.9 Å². The highest BCUT2D eigenvalue weighted by Crippen LogP contribution is 2.48. The maximum Gasteiger partial charge on any atom is 0.193 e. The maximum absolute atomic E-state index is 13.5. The van der Waals surface area contributed by atoms with Crippen LogP contribution in [-0.4, -0.2) is 44.9 Å². The minimum atomic E-state index is -0.691. The van der Waals surface area contributed by atoms with Crippen LogP contribution in [0.25, 0.3) is 0 Å². The first-order valence-electron chi connectivity index (χ1n) is 12.5. The highest BCUT2D eigenvalue weighted by atomic mass is 16.5. The van der Waals surface area contributed by atoms with Gasteiger partial charge in [-0.2, -0.15) is 0 Å². The summed E-state index contributed by atoms with van der Waals surface area (Å²) < 4.78 is 23.2. The van der Waals surface area contributed by atoms with Crippen LogP contribution in [0.1, 0.15) is 44.4 Å². The second kappa shape index (κ2) is 11.0. The normalized spacial score (nSPS) is 14.2. The smallest absolute Gasteiger partial charge is 0.193 e. The van der Waals surface area contributed by atoms with Gasteiger partial charge in [0.05, 0.1) is 27.9 Å². The predicted octanol–water partition coefficient (Wildman–Crippen LogP) is 5.61. The molecule has 0 saturated carbocycles. The molecular weight excluding hydrogens is 480 g/mol. The molecule has 6 nitrogen and oxygen atoms in total. The Hall–Kier alpha value is -4.29. The number of para-hydroxylation sites is 2. The van der Waals surface area contributed by atoms with Gasteiger partial charge in [-0.1, -0.05) is 66.7 Å². The summed E-state index contributed by atoms with van der Waals surface area (Å²) in [6, 6.07) is 28.4. The average molecular weight is 511 g/mol. The summed E-state index contributed by atoms with van der Waals surface area (Å²) in [5.74, 6) is 1.55. The molecule has 0 saturated heterocycles. The molecule has 0 aliphatic heterocycles. The van der Waals surface area contributed by atoms with Crippen LogP contribution in [0.2, 0.25) is 0 Å². The van der Waals surface area contributed by atoms with Gasteiger partial charge in [0.2, 0.25) is 0 Å². The molecule has 0 amide bonds. The fourth-order valence-electron chi connectivity index (χ4n) is 5.43. The SMILES string of the molecule is COc1ccc([C@H](C2c3ccccc3C(=O)c3ccccc32)[C@H](CO)Oc2ccccc2OC)cc1OC. The molecule has 194 valence electrons. The van der Waals surface area contributed by atoms with E-state index in [-0.39, 0.29) is 18.3 Å². The van der Waals surface area contributed by atoms with Gasteiger partial charge in [0.1, 0.15) is 6.10 Å². The summed E-state index contributed by atoms with van der Waals surface area (Å²) in [6.07, 6.45) is -0.691. The van der Waals surface area contributed by atoms with Crippen molar-refractivity contribution in [2.24, 2.45) is 0 Å². The van der Waals surface area contributed by atoms with Crippen LogP contribution in [0.3, 0.4) is 0 Å². The molecule has 0 radical (unpaired) electrons. The molecule has 1 N–H and O–H groups in total. The van der Waals surface area contributed by atoms with E-state index in [9.17, 15) is 9.90 Å². The molecule has 1 aliphatic rings. The molecule has 4 aromatic carbocycles. The van der Waals surface area contributed by atoms with E-state index in [1.165, 1.54) is 0 Å². The minimum absolute atomic E-state index is 0.00953. The second-order valence-corrected chi connectivity index (χ2v) is 9.11. The van der Waals surface area contributed by atoms with Crippen molar-refractivity contribution >= 4 is 5.78 Å². The fourth-order valence-corrected chi connectivity index (χ4v) is 5.43. The van der Waals surface area contributed by atoms with E-state index >= 15 is 0 Å². The van der Waals surface area contributed by atoms with Gasteiger partial charge in [-0.05, 0) is 41.0 Å². The van der Waals surface area contributed by atoms with E-state index in [2.05, 4.69) is 0 Å². The zero-order valence-electron chi connectivity index (χ0n) is 21.6. The third-order valence-corrected chi connectivity index (χ3v) is 7.16. The average Bonchev–Trinajstić information content (AvgIpc) is 2.98. The number of ketones is 1. The van der Waals surface area contributed by atoms with E-state index in [4.69, 9.17) is 18.9 Å². The minimum Gasteiger partial charge on any atom is -0.493 e. The molecule has 5 rings (SSSR count). The van der Waals surface area contributed by atoms with Gasteiger partial charge in [0.25, 0.3) is 0 Å². The van der Waals surface area contributed by atoms with E-state index in [0.717, 1.165) is 16.7 Å². The number of carbonyl (C=O) groups is 1. The Bertz CT molecular complexity index is 1400. The third-order valence-electron chi connectivity index (χ3n) is 7.16. The van der Waals surface area contributed by atoms with Crippen LogP contribution in [0, 0.1) is 0 Å². The summed E-state index contributed by atoms with van der Waals surface area (Å²) in [6.45, 7) is -0.272. The molecule has 0 unspecified atom stereocenters. The van der Waals surface area contributed by atoms with Crippen LogP contribution >= 0.6 is 0 Å². The maximum atomic E-state index is 13.5. The summed E-state index contributed by atoms with van der Waals surface area (Å²) in [4.78, 5) is 13.5. The van der Waals surface area contributed by atoms with Crippen molar-refractivity contribution in [1.82, 2.24) is 0 Å². The molecule has 0 bridgehead atoms. The van der Waals surface area contributed by atoms with E-state index in [1.807, 2.05) is 91.0 Å². The molecule has 1 aliphatic carbocycles. The lowest BCUT2D eigenvalue weighted by Gasteiger charge is -2.38. The first kappa shape index (κ1) is 25.4.